The van der Waals surface area contributed by atoms with Crippen molar-refractivity contribution in [1.29, 1.82) is 0 Å². The van der Waals surface area contributed by atoms with Gasteiger partial charge in [0.1, 0.15) is 0 Å². The Morgan fingerprint density at radius 3 is 2.56 bits per heavy atom. The smallest absolute Gasteiger partial charge is 0.244 e. The number of rotatable bonds is 1. The molecule has 0 bridgehead atoms. The van der Waals surface area contributed by atoms with Gasteiger partial charge in [0.25, 0.3) is 0 Å². The van der Waals surface area contributed by atoms with Crippen LogP contribution in [0.2, 0.25) is 0 Å². The van der Waals surface area contributed by atoms with Gasteiger partial charge < -0.3 is 0 Å². The zero-order chi connectivity index (χ0) is 6.69. The molecule has 0 fully saturated rings. The normalized spacial score (nSPS) is 10.1. The van der Waals surface area contributed by atoms with Crippen molar-refractivity contribution in [3.8, 4) is 0 Å². The van der Waals surface area contributed by atoms with Crippen molar-refractivity contribution in [3.63, 3.8) is 0 Å². The minimum absolute atomic E-state index is 0.970. The first-order valence-electron chi connectivity index (χ1n) is 2.89. The maximum atomic E-state index is 3.89. The summed E-state index contributed by atoms with van der Waals surface area (Å²) in [5.74, 6) is 0.970. The molecule has 0 saturated heterocycles. The van der Waals surface area contributed by atoms with Crippen molar-refractivity contribution >= 4 is 5.82 Å². The van der Waals surface area contributed by atoms with Crippen LogP contribution in [0.4, 0.5) is 5.82 Å². The van der Waals surface area contributed by atoms with E-state index in [1.54, 1.807) is 6.20 Å². The standard InChI is InChI=1S/C6H9N3/c1-9(2)6-4-3-5-7-8-6/h3-5H,1-2H3/p+1. The van der Waals surface area contributed by atoms with Crippen molar-refractivity contribution in [3.05, 3.63) is 18.3 Å². The Kier molecular flexibility index (Phi) is 1.75. The van der Waals surface area contributed by atoms with Crippen LogP contribution in [0.5, 0.6) is 0 Å². The number of nitrogens with one attached hydrogen (secondary N) is 1. The molecular weight excluding hydrogens is 114 g/mol. The first kappa shape index (κ1) is 6.16. The van der Waals surface area contributed by atoms with E-state index in [9.17, 15) is 0 Å². The molecule has 48 valence electrons. The third-order valence-corrected chi connectivity index (χ3v) is 1.08. The third kappa shape index (κ3) is 1.47. The molecule has 9 heavy (non-hydrogen) atoms. The Bertz CT molecular complexity index is 171. The lowest BCUT2D eigenvalue weighted by atomic mass is 10.5. The molecule has 0 aromatic carbocycles. The van der Waals surface area contributed by atoms with Crippen molar-refractivity contribution in [2.45, 2.75) is 0 Å². The fourth-order valence-corrected chi connectivity index (χ4v) is 0.568. The molecular formula is C6H10N3+. The van der Waals surface area contributed by atoms with Crippen molar-refractivity contribution in [2.75, 3.05) is 14.1 Å². The molecule has 0 aliphatic heterocycles. The second kappa shape index (κ2) is 2.55. The Balaban J connectivity index is 2.85. The Morgan fingerprint density at radius 2 is 2.22 bits per heavy atom. The van der Waals surface area contributed by atoms with Crippen LogP contribution in [-0.2, 0) is 0 Å². The van der Waals surface area contributed by atoms with E-state index in [-0.39, 0.29) is 0 Å². The molecule has 3 nitrogen and oxygen atoms in total. The molecule has 0 saturated carbocycles. The number of hydrogen-bond acceptors (Lipinski definition) is 2. The topological polar surface area (TPSA) is 30.2 Å². The molecule has 0 atom stereocenters. The van der Waals surface area contributed by atoms with Gasteiger partial charge in [0.05, 0.1) is 20.3 Å². The van der Waals surface area contributed by atoms with E-state index < -0.39 is 0 Å². The summed E-state index contributed by atoms with van der Waals surface area (Å²) in [5.41, 5.74) is 0. The SMILES string of the molecule is C[NH+](C)c1cccnn1. The summed E-state index contributed by atoms with van der Waals surface area (Å²) < 4.78 is 0. The minimum atomic E-state index is 0.970. The van der Waals surface area contributed by atoms with Gasteiger partial charge in [0, 0.05) is 6.07 Å². The zero-order valence-corrected chi connectivity index (χ0v) is 5.63. The van der Waals surface area contributed by atoms with Crippen molar-refractivity contribution < 1.29 is 4.90 Å². The second-order valence-electron chi connectivity index (χ2n) is 2.11. The molecule has 0 amide bonds. The van der Waals surface area contributed by atoms with Crippen LogP contribution in [0.3, 0.4) is 0 Å². The fourth-order valence-electron chi connectivity index (χ4n) is 0.568. The molecule has 0 radical (unpaired) electrons. The van der Waals surface area contributed by atoms with E-state index in [0.29, 0.717) is 0 Å². The molecule has 1 aromatic rings. The molecule has 1 rings (SSSR count). The van der Waals surface area contributed by atoms with Crippen molar-refractivity contribution in [1.82, 2.24) is 10.2 Å². The summed E-state index contributed by atoms with van der Waals surface area (Å²) in [5, 5.41) is 7.63. The summed E-state index contributed by atoms with van der Waals surface area (Å²) in [7, 11) is 4.04. The molecule has 0 aliphatic carbocycles. The monoisotopic (exact) mass is 124 g/mol. The molecule has 1 aromatic heterocycles. The third-order valence-electron chi connectivity index (χ3n) is 1.08. The van der Waals surface area contributed by atoms with Crippen LogP contribution >= 0.6 is 0 Å². The molecule has 0 aliphatic rings. The van der Waals surface area contributed by atoms with Gasteiger partial charge in [-0.15, -0.1) is 0 Å². The van der Waals surface area contributed by atoms with Gasteiger partial charge in [-0.2, -0.15) is 5.10 Å². The summed E-state index contributed by atoms with van der Waals surface area (Å²) >= 11 is 0. The van der Waals surface area contributed by atoms with E-state index in [4.69, 9.17) is 0 Å². The van der Waals surface area contributed by atoms with Crippen LogP contribution in [-0.4, -0.2) is 24.3 Å². The van der Waals surface area contributed by atoms with Gasteiger partial charge in [-0.05, 0) is 6.07 Å². The second-order valence-corrected chi connectivity index (χ2v) is 2.11. The maximum Gasteiger partial charge on any atom is 0.244 e. The number of nitrogens with zero attached hydrogens (tertiary/aromatic N) is 2. The molecule has 1 heterocycles. The average molecular weight is 124 g/mol. The van der Waals surface area contributed by atoms with Crippen LogP contribution < -0.4 is 4.90 Å². The van der Waals surface area contributed by atoms with Gasteiger partial charge >= 0.3 is 0 Å². The van der Waals surface area contributed by atoms with E-state index in [2.05, 4.69) is 10.2 Å². The number of hydrogen-bond donors (Lipinski definition) is 1. The average Bonchev–Trinajstić information content (AvgIpc) is 1.90. The van der Waals surface area contributed by atoms with Crippen LogP contribution in [0.25, 0.3) is 0 Å². The Hall–Kier alpha value is -0.960. The highest BCUT2D eigenvalue weighted by Gasteiger charge is 1.97. The molecule has 0 unspecified atom stereocenters. The molecule has 0 spiro atoms. The summed E-state index contributed by atoms with van der Waals surface area (Å²) in [6.45, 7) is 0. The Labute approximate surface area is 54.3 Å². The lowest BCUT2D eigenvalue weighted by molar-refractivity contribution is -0.789. The first-order valence-corrected chi connectivity index (χ1v) is 2.89. The van der Waals surface area contributed by atoms with Gasteiger partial charge in [-0.25, -0.2) is 0 Å². The highest BCUT2D eigenvalue weighted by molar-refractivity contribution is 5.12. The van der Waals surface area contributed by atoms with Gasteiger partial charge in [0.2, 0.25) is 5.82 Å². The fraction of sp³-hybridized carbons (Fsp3) is 0.333. The van der Waals surface area contributed by atoms with E-state index in [1.165, 1.54) is 4.90 Å². The summed E-state index contributed by atoms with van der Waals surface area (Å²) in [4.78, 5) is 1.20. The Morgan fingerprint density at radius 1 is 1.44 bits per heavy atom. The predicted molar refractivity (Wildman–Crippen MR) is 34.5 cm³/mol. The zero-order valence-electron chi connectivity index (χ0n) is 5.63. The molecule has 3 heteroatoms. The van der Waals surface area contributed by atoms with E-state index in [1.807, 2.05) is 26.2 Å². The number of aromatic nitrogens is 2. The van der Waals surface area contributed by atoms with Gasteiger partial charge in [0.15, 0.2) is 0 Å². The van der Waals surface area contributed by atoms with E-state index >= 15 is 0 Å². The highest BCUT2D eigenvalue weighted by atomic mass is 15.2. The van der Waals surface area contributed by atoms with Crippen LogP contribution in [0, 0.1) is 0 Å². The highest BCUT2D eigenvalue weighted by Crippen LogP contribution is 1.86. The van der Waals surface area contributed by atoms with E-state index in [0.717, 1.165) is 5.82 Å². The van der Waals surface area contributed by atoms with Crippen molar-refractivity contribution in [2.24, 2.45) is 0 Å². The quantitative estimate of drug-likeness (QED) is 0.534. The minimum Gasteiger partial charge on any atom is -0.290 e. The van der Waals surface area contributed by atoms with Crippen LogP contribution in [0.1, 0.15) is 0 Å². The van der Waals surface area contributed by atoms with Crippen LogP contribution in [0.15, 0.2) is 18.3 Å². The van der Waals surface area contributed by atoms with Gasteiger partial charge in [-0.1, -0.05) is 5.10 Å². The van der Waals surface area contributed by atoms with Gasteiger partial charge in [-0.3, -0.25) is 4.90 Å². The predicted octanol–water partition coefficient (Wildman–Crippen LogP) is -0.747. The number of quaternary nitrogens is 1. The summed E-state index contributed by atoms with van der Waals surface area (Å²) in [6.07, 6.45) is 1.67. The molecule has 1 N–H and O–H groups in total. The lowest BCUT2D eigenvalue weighted by Crippen LogP contribution is -3.00. The first-order chi connectivity index (χ1) is 4.30. The lowest BCUT2D eigenvalue weighted by Gasteiger charge is -2.01. The maximum absolute atomic E-state index is 3.89. The summed E-state index contributed by atoms with van der Waals surface area (Å²) in [6, 6.07) is 3.83. The largest absolute Gasteiger partial charge is 0.290 e.